The van der Waals surface area contributed by atoms with Crippen molar-refractivity contribution in [1.29, 1.82) is 0 Å². The number of fused-ring (bicyclic) bond motifs is 1. The molecule has 0 spiro atoms. The molecule has 1 aliphatic rings. The smallest absolute Gasteiger partial charge is 0.274 e. The predicted molar refractivity (Wildman–Crippen MR) is 103 cm³/mol. The van der Waals surface area contributed by atoms with Gasteiger partial charge in [-0.15, -0.1) is 0 Å². The van der Waals surface area contributed by atoms with Crippen LogP contribution >= 0.6 is 11.6 Å². The van der Waals surface area contributed by atoms with E-state index >= 15 is 0 Å². The van der Waals surface area contributed by atoms with Gasteiger partial charge in [0.15, 0.2) is 0 Å². The third-order valence-corrected chi connectivity index (χ3v) is 4.69. The number of anilines is 3. The molecule has 0 unspecified atom stereocenters. The number of hydrogen-bond acceptors (Lipinski definition) is 4. The van der Waals surface area contributed by atoms with Gasteiger partial charge in [-0.25, -0.2) is 9.97 Å². The van der Waals surface area contributed by atoms with Crippen LogP contribution in [0.15, 0.2) is 54.7 Å². The summed E-state index contributed by atoms with van der Waals surface area (Å²) in [5.74, 6) is 0.247. The second-order valence-corrected chi connectivity index (χ2v) is 6.62. The van der Waals surface area contributed by atoms with E-state index < -0.39 is 0 Å². The van der Waals surface area contributed by atoms with E-state index in [2.05, 4.69) is 21.4 Å². The van der Waals surface area contributed by atoms with Gasteiger partial charge in [-0.05, 0) is 48.7 Å². The number of para-hydroxylation sites is 1. The number of benzene rings is 2. The van der Waals surface area contributed by atoms with Crippen LogP contribution in [-0.4, -0.2) is 22.4 Å². The molecular formula is C20H17ClN4O. The SMILES string of the molecule is Cc1ccc(Cl)cc1NC(=O)c1ccnc(N2CCc3ccccc32)n1. The lowest BCUT2D eigenvalue weighted by Crippen LogP contribution is -2.20. The van der Waals surface area contributed by atoms with Gasteiger partial charge in [0.25, 0.3) is 5.91 Å². The number of amides is 1. The molecule has 0 saturated carbocycles. The summed E-state index contributed by atoms with van der Waals surface area (Å²) in [6.45, 7) is 2.72. The van der Waals surface area contributed by atoms with Crippen LogP contribution < -0.4 is 10.2 Å². The third kappa shape index (κ3) is 3.13. The van der Waals surface area contributed by atoms with Crippen molar-refractivity contribution in [3.63, 3.8) is 0 Å². The van der Waals surface area contributed by atoms with Crippen molar-refractivity contribution >= 4 is 34.8 Å². The average molecular weight is 365 g/mol. The minimum absolute atomic E-state index is 0.286. The topological polar surface area (TPSA) is 58.1 Å². The van der Waals surface area contributed by atoms with Crippen molar-refractivity contribution in [3.8, 4) is 0 Å². The van der Waals surface area contributed by atoms with E-state index in [0.29, 0.717) is 22.4 Å². The molecule has 1 amide bonds. The molecule has 130 valence electrons. The van der Waals surface area contributed by atoms with E-state index in [1.807, 2.05) is 36.1 Å². The van der Waals surface area contributed by atoms with Crippen LogP contribution in [0.1, 0.15) is 21.6 Å². The van der Waals surface area contributed by atoms with E-state index in [1.54, 1.807) is 24.4 Å². The molecule has 0 fully saturated rings. The second-order valence-electron chi connectivity index (χ2n) is 6.19. The highest BCUT2D eigenvalue weighted by molar-refractivity contribution is 6.31. The minimum Gasteiger partial charge on any atom is -0.320 e. The Morgan fingerprint density at radius 3 is 2.92 bits per heavy atom. The van der Waals surface area contributed by atoms with Crippen molar-refractivity contribution in [2.24, 2.45) is 0 Å². The lowest BCUT2D eigenvalue weighted by molar-refractivity contribution is 0.102. The largest absolute Gasteiger partial charge is 0.320 e. The summed E-state index contributed by atoms with van der Waals surface area (Å²) in [5, 5.41) is 3.44. The Morgan fingerprint density at radius 2 is 2.04 bits per heavy atom. The Kier molecular flexibility index (Phi) is 4.31. The number of aromatic nitrogens is 2. The summed E-state index contributed by atoms with van der Waals surface area (Å²) >= 11 is 6.02. The number of hydrogen-bond donors (Lipinski definition) is 1. The molecule has 0 atom stereocenters. The van der Waals surface area contributed by atoms with Gasteiger partial charge in [0.1, 0.15) is 5.69 Å². The Labute approximate surface area is 156 Å². The summed E-state index contributed by atoms with van der Waals surface area (Å²) < 4.78 is 0. The van der Waals surface area contributed by atoms with Crippen LogP contribution in [0.2, 0.25) is 5.02 Å². The van der Waals surface area contributed by atoms with E-state index in [4.69, 9.17) is 11.6 Å². The molecule has 1 N–H and O–H groups in total. The van der Waals surface area contributed by atoms with Crippen molar-refractivity contribution in [2.75, 3.05) is 16.8 Å². The molecule has 0 saturated heterocycles. The predicted octanol–water partition coefficient (Wildman–Crippen LogP) is 4.38. The first-order valence-corrected chi connectivity index (χ1v) is 8.75. The second kappa shape index (κ2) is 6.77. The highest BCUT2D eigenvalue weighted by Gasteiger charge is 2.22. The summed E-state index contributed by atoms with van der Waals surface area (Å²) in [6.07, 6.45) is 2.56. The molecule has 2 heterocycles. The Balaban J connectivity index is 1.60. The highest BCUT2D eigenvalue weighted by atomic mass is 35.5. The molecule has 1 aliphatic heterocycles. The van der Waals surface area contributed by atoms with Crippen LogP contribution in [0.5, 0.6) is 0 Å². The number of aryl methyl sites for hydroxylation is 1. The summed E-state index contributed by atoms with van der Waals surface area (Å²) in [7, 11) is 0. The maximum absolute atomic E-state index is 12.6. The third-order valence-electron chi connectivity index (χ3n) is 4.45. The fraction of sp³-hybridized carbons (Fsp3) is 0.150. The van der Waals surface area contributed by atoms with Gasteiger partial charge >= 0.3 is 0 Å². The van der Waals surface area contributed by atoms with Crippen molar-refractivity contribution < 1.29 is 4.79 Å². The number of halogens is 1. The van der Waals surface area contributed by atoms with Gasteiger partial charge < -0.3 is 10.2 Å². The van der Waals surface area contributed by atoms with Gasteiger partial charge in [0.2, 0.25) is 5.95 Å². The Bertz CT molecular complexity index is 989. The summed E-state index contributed by atoms with van der Waals surface area (Å²) in [5.41, 5.74) is 4.29. The zero-order valence-electron chi connectivity index (χ0n) is 14.2. The molecule has 5 nitrogen and oxygen atoms in total. The van der Waals surface area contributed by atoms with Gasteiger partial charge in [0, 0.05) is 29.1 Å². The standard InChI is InChI=1S/C20H17ClN4O/c1-13-6-7-15(21)12-17(13)23-19(26)16-8-10-22-20(24-16)25-11-9-14-4-2-3-5-18(14)25/h2-8,10,12H,9,11H2,1H3,(H,23,26). The molecule has 3 aromatic rings. The van der Waals surface area contributed by atoms with E-state index in [9.17, 15) is 4.79 Å². The maximum Gasteiger partial charge on any atom is 0.274 e. The van der Waals surface area contributed by atoms with Crippen molar-refractivity contribution in [3.05, 3.63) is 76.6 Å². The quantitative estimate of drug-likeness (QED) is 0.749. The van der Waals surface area contributed by atoms with E-state index in [1.165, 1.54) is 5.56 Å². The first kappa shape index (κ1) is 16.5. The molecule has 1 aromatic heterocycles. The normalized spacial score (nSPS) is 12.8. The Morgan fingerprint density at radius 1 is 1.19 bits per heavy atom. The number of carbonyl (C=O) groups is 1. The first-order valence-electron chi connectivity index (χ1n) is 8.38. The van der Waals surface area contributed by atoms with Crippen LogP contribution in [0.4, 0.5) is 17.3 Å². The number of nitrogens with one attached hydrogen (secondary N) is 1. The maximum atomic E-state index is 12.6. The van der Waals surface area contributed by atoms with Crippen LogP contribution in [0.25, 0.3) is 0 Å². The lowest BCUT2D eigenvalue weighted by Gasteiger charge is -2.17. The number of rotatable bonds is 3. The lowest BCUT2D eigenvalue weighted by atomic mass is 10.2. The summed E-state index contributed by atoms with van der Waals surface area (Å²) in [4.78, 5) is 23.5. The fourth-order valence-corrected chi connectivity index (χ4v) is 3.24. The molecule has 0 radical (unpaired) electrons. The highest BCUT2D eigenvalue weighted by Crippen LogP contribution is 2.32. The monoisotopic (exact) mass is 364 g/mol. The zero-order valence-corrected chi connectivity index (χ0v) is 15.0. The van der Waals surface area contributed by atoms with Gasteiger partial charge in [-0.2, -0.15) is 0 Å². The zero-order chi connectivity index (χ0) is 18.1. The molecule has 26 heavy (non-hydrogen) atoms. The molecule has 0 aliphatic carbocycles. The molecule has 4 rings (SSSR count). The van der Waals surface area contributed by atoms with Gasteiger partial charge in [-0.3, -0.25) is 4.79 Å². The van der Waals surface area contributed by atoms with E-state index in [-0.39, 0.29) is 5.91 Å². The molecule has 6 heteroatoms. The molecule has 2 aromatic carbocycles. The average Bonchev–Trinajstić information content (AvgIpc) is 3.09. The minimum atomic E-state index is -0.286. The molecular weight excluding hydrogens is 348 g/mol. The fourth-order valence-electron chi connectivity index (χ4n) is 3.07. The van der Waals surface area contributed by atoms with Crippen LogP contribution in [0.3, 0.4) is 0 Å². The number of carbonyl (C=O) groups excluding carboxylic acids is 1. The molecule has 0 bridgehead atoms. The summed E-state index contributed by atoms with van der Waals surface area (Å²) in [6, 6.07) is 15.2. The van der Waals surface area contributed by atoms with Crippen molar-refractivity contribution in [2.45, 2.75) is 13.3 Å². The van der Waals surface area contributed by atoms with Gasteiger partial charge in [-0.1, -0.05) is 35.9 Å². The van der Waals surface area contributed by atoms with Crippen LogP contribution in [-0.2, 0) is 6.42 Å². The Hall–Kier alpha value is -2.92. The number of nitrogens with zero attached hydrogens (tertiary/aromatic N) is 3. The van der Waals surface area contributed by atoms with Gasteiger partial charge in [0.05, 0.1) is 0 Å². The van der Waals surface area contributed by atoms with Crippen molar-refractivity contribution in [1.82, 2.24) is 9.97 Å². The van der Waals surface area contributed by atoms with E-state index in [0.717, 1.165) is 24.2 Å². The first-order chi connectivity index (χ1) is 12.6. The van der Waals surface area contributed by atoms with Crippen LogP contribution in [0, 0.1) is 6.92 Å².